The zero-order chi connectivity index (χ0) is 13.1. The molecule has 0 bridgehead atoms. The highest BCUT2D eigenvalue weighted by atomic mass is 35.5. The van der Waals surface area contributed by atoms with Gasteiger partial charge in [-0.25, -0.2) is 0 Å². The Labute approximate surface area is 124 Å². The number of halogens is 1. The van der Waals surface area contributed by atoms with E-state index in [9.17, 15) is 0 Å². The van der Waals surface area contributed by atoms with Crippen molar-refractivity contribution in [3.05, 3.63) is 72.3 Å². The monoisotopic (exact) mass is 285 g/mol. The predicted molar refractivity (Wildman–Crippen MR) is 85.6 cm³/mol. The average molecular weight is 286 g/mol. The van der Waals surface area contributed by atoms with Crippen LogP contribution in [-0.2, 0) is 6.54 Å². The maximum atomic E-state index is 5.95. The third kappa shape index (κ3) is 2.93. The Balaban J connectivity index is 0.00000147. The maximum absolute atomic E-state index is 5.95. The second-order valence-corrected chi connectivity index (χ2v) is 4.43. The lowest BCUT2D eigenvalue weighted by molar-refractivity contribution is 0.488. The number of benzene rings is 3. The summed E-state index contributed by atoms with van der Waals surface area (Å²) in [5, 5.41) is 2.30. The molecule has 0 amide bonds. The molecule has 0 aromatic heterocycles. The molecule has 0 saturated heterocycles. The van der Waals surface area contributed by atoms with Crippen molar-refractivity contribution in [1.82, 2.24) is 0 Å². The SMILES string of the molecule is Cl.NCc1ccc(Oc2cccc3ccccc23)cc1. The topological polar surface area (TPSA) is 35.2 Å². The van der Waals surface area contributed by atoms with Crippen LogP contribution >= 0.6 is 12.4 Å². The zero-order valence-electron chi connectivity index (χ0n) is 11.0. The molecule has 2 N–H and O–H groups in total. The van der Waals surface area contributed by atoms with Crippen molar-refractivity contribution in [2.24, 2.45) is 5.73 Å². The van der Waals surface area contributed by atoms with E-state index in [4.69, 9.17) is 10.5 Å². The van der Waals surface area contributed by atoms with Gasteiger partial charge in [-0.15, -0.1) is 12.4 Å². The predicted octanol–water partition coefficient (Wildman–Crippen LogP) is 4.51. The van der Waals surface area contributed by atoms with Crippen LogP contribution in [0.4, 0.5) is 0 Å². The summed E-state index contributed by atoms with van der Waals surface area (Å²) in [5.41, 5.74) is 6.69. The second-order valence-electron chi connectivity index (χ2n) is 4.43. The molecule has 3 aromatic carbocycles. The first-order valence-electron chi connectivity index (χ1n) is 6.31. The molecule has 0 aliphatic carbocycles. The minimum absolute atomic E-state index is 0. The highest BCUT2D eigenvalue weighted by Crippen LogP contribution is 2.29. The van der Waals surface area contributed by atoms with Crippen molar-refractivity contribution in [2.75, 3.05) is 0 Å². The van der Waals surface area contributed by atoms with Gasteiger partial charge in [0, 0.05) is 11.9 Å². The molecule has 102 valence electrons. The molecule has 0 saturated carbocycles. The van der Waals surface area contributed by atoms with Crippen LogP contribution in [0.5, 0.6) is 11.5 Å². The van der Waals surface area contributed by atoms with E-state index in [-0.39, 0.29) is 12.4 Å². The van der Waals surface area contributed by atoms with E-state index in [0.717, 1.165) is 22.4 Å². The average Bonchev–Trinajstić information content (AvgIpc) is 2.48. The number of nitrogens with two attached hydrogens (primary N) is 1. The number of fused-ring (bicyclic) bond motifs is 1. The largest absolute Gasteiger partial charge is 0.457 e. The van der Waals surface area contributed by atoms with Crippen LogP contribution in [0.1, 0.15) is 5.56 Å². The van der Waals surface area contributed by atoms with Crippen LogP contribution in [0.2, 0.25) is 0 Å². The molecule has 0 aliphatic heterocycles. The Morgan fingerprint density at radius 1 is 0.800 bits per heavy atom. The quantitative estimate of drug-likeness (QED) is 0.768. The Morgan fingerprint density at radius 3 is 2.25 bits per heavy atom. The molecule has 20 heavy (non-hydrogen) atoms. The Hall–Kier alpha value is -2.03. The van der Waals surface area contributed by atoms with Gasteiger partial charge in [-0.05, 0) is 29.1 Å². The highest BCUT2D eigenvalue weighted by molar-refractivity contribution is 5.88. The fourth-order valence-electron chi connectivity index (χ4n) is 2.11. The summed E-state index contributed by atoms with van der Waals surface area (Å²) >= 11 is 0. The third-order valence-electron chi connectivity index (χ3n) is 3.14. The number of hydrogen-bond acceptors (Lipinski definition) is 2. The van der Waals surface area contributed by atoms with E-state index < -0.39 is 0 Å². The summed E-state index contributed by atoms with van der Waals surface area (Å²) < 4.78 is 5.95. The summed E-state index contributed by atoms with van der Waals surface area (Å²) in [6.07, 6.45) is 0. The molecule has 0 heterocycles. The standard InChI is InChI=1S/C17H15NO.ClH/c18-12-13-8-10-15(11-9-13)19-17-7-3-5-14-4-1-2-6-16(14)17;/h1-11H,12,18H2;1H. The Bertz CT molecular complexity index is 689. The van der Waals surface area contributed by atoms with Crippen molar-refractivity contribution < 1.29 is 4.74 Å². The lowest BCUT2D eigenvalue weighted by Gasteiger charge is -2.09. The first kappa shape index (κ1) is 14.4. The second kappa shape index (κ2) is 6.42. The van der Waals surface area contributed by atoms with Crippen LogP contribution in [0.3, 0.4) is 0 Å². The van der Waals surface area contributed by atoms with Gasteiger partial charge < -0.3 is 10.5 Å². The molecule has 3 aromatic rings. The van der Waals surface area contributed by atoms with E-state index in [0.29, 0.717) is 6.54 Å². The molecule has 3 rings (SSSR count). The molecule has 0 aliphatic rings. The van der Waals surface area contributed by atoms with E-state index >= 15 is 0 Å². The molecule has 2 nitrogen and oxygen atoms in total. The normalized spacial score (nSPS) is 10.1. The summed E-state index contributed by atoms with van der Waals surface area (Å²) in [5.74, 6) is 1.70. The van der Waals surface area contributed by atoms with Gasteiger partial charge in [-0.1, -0.05) is 48.5 Å². The minimum Gasteiger partial charge on any atom is -0.457 e. The third-order valence-corrected chi connectivity index (χ3v) is 3.14. The first-order chi connectivity index (χ1) is 9.36. The lowest BCUT2D eigenvalue weighted by Crippen LogP contribution is -1.95. The summed E-state index contributed by atoms with van der Waals surface area (Å²) in [4.78, 5) is 0. The molecule has 3 heteroatoms. The van der Waals surface area contributed by atoms with Crippen LogP contribution in [0.25, 0.3) is 10.8 Å². The Morgan fingerprint density at radius 2 is 1.50 bits per heavy atom. The fraction of sp³-hybridized carbons (Fsp3) is 0.0588. The van der Waals surface area contributed by atoms with Gasteiger partial charge in [0.15, 0.2) is 0 Å². The number of hydrogen-bond donors (Lipinski definition) is 1. The molecule has 0 spiro atoms. The van der Waals surface area contributed by atoms with Crippen molar-refractivity contribution >= 4 is 23.2 Å². The van der Waals surface area contributed by atoms with Gasteiger partial charge in [-0.3, -0.25) is 0 Å². The van der Waals surface area contributed by atoms with E-state index in [1.165, 1.54) is 5.39 Å². The van der Waals surface area contributed by atoms with Crippen LogP contribution in [0, 0.1) is 0 Å². The molecule has 0 atom stereocenters. The molecular weight excluding hydrogens is 270 g/mol. The zero-order valence-corrected chi connectivity index (χ0v) is 11.8. The first-order valence-corrected chi connectivity index (χ1v) is 6.31. The van der Waals surface area contributed by atoms with Crippen molar-refractivity contribution in [3.63, 3.8) is 0 Å². The summed E-state index contributed by atoms with van der Waals surface area (Å²) in [7, 11) is 0. The van der Waals surface area contributed by atoms with E-state index in [1.54, 1.807) is 0 Å². The lowest BCUT2D eigenvalue weighted by atomic mass is 10.1. The molecule has 0 unspecified atom stereocenters. The van der Waals surface area contributed by atoms with Crippen molar-refractivity contribution in [2.45, 2.75) is 6.54 Å². The highest BCUT2D eigenvalue weighted by Gasteiger charge is 2.02. The van der Waals surface area contributed by atoms with Crippen LogP contribution in [0.15, 0.2) is 66.7 Å². The maximum Gasteiger partial charge on any atom is 0.135 e. The van der Waals surface area contributed by atoms with Gasteiger partial charge >= 0.3 is 0 Å². The van der Waals surface area contributed by atoms with Crippen molar-refractivity contribution in [3.8, 4) is 11.5 Å². The van der Waals surface area contributed by atoms with E-state index in [1.807, 2.05) is 48.5 Å². The molecular formula is C17H16ClNO. The van der Waals surface area contributed by atoms with Crippen molar-refractivity contribution in [1.29, 1.82) is 0 Å². The van der Waals surface area contributed by atoms with Gasteiger partial charge in [0.2, 0.25) is 0 Å². The fourth-order valence-corrected chi connectivity index (χ4v) is 2.11. The van der Waals surface area contributed by atoms with Gasteiger partial charge in [-0.2, -0.15) is 0 Å². The summed E-state index contributed by atoms with van der Waals surface area (Å²) in [6.45, 7) is 0.550. The minimum atomic E-state index is 0. The van der Waals surface area contributed by atoms with Gasteiger partial charge in [0.1, 0.15) is 11.5 Å². The summed E-state index contributed by atoms with van der Waals surface area (Å²) in [6, 6.07) is 22.1. The Kier molecular flexibility index (Phi) is 4.61. The number of rotatable bonds is 3. The van der Waals surface area contributed by atoms with Crippen LogP contribution in [-0.4, -0.2) is 0 Å². The van der Waals surface area contributed by atoms with E-state index in [2.05, 4.69) is 18.2 Å². The molecule has 0 fully saturated rings. The van der Waals surface area contributed by atoms with Gasteiger partial charge in [0.05, 0.1) is 0 Å². The van der Waals surface area contributed by atoms with Gasteiger partial charge in [0.25, 0.3) is 0 Å². The number of ether oxygens (including phenoxy) is 1. The molecule has 0 radical (unpaired) electrons. The van der Waals surface area contributed by atoms with Crippen LogP contribution < -0.4 is 10.5 Å². The smallest absolute Gasteiger partial charge is 0.135 e.